The number of benzene rings is 1. The van der Waals surface area contributed by atoms with E-state index in [1.54, 1.807) is 40.0 Å². The van der Waals surface area contributed by atoms with Gasteiger partial charge in [0.15, 0.2) is 5.96 Å². The van der Waals surface area contributed by atoms with Crippen LogP contribution < -0.4 is 20.7 Å². The van der Waals surface area contributed by atoms with E-state index >= 15 is 0 Å². The van der Waals surface area contributed by atoms with Crippen LogP contribution in [0.1, 0.15) is 38.3 Å². The maximum atomic E-state index is 12.5. The number of guanidine groups is 1. The Kier molecular flexibility index (Phi) is 9.47. The number of alkyl halides is 2. The molecule has 0 unspecified atom stereocenters. The van der Waals surface area contributed by atoms with Crippen LogP contribution in [-0.2, 0) is 11.3 Å². The summed E-state index contributed by atoms with van der Waals surface area (Å²) in [6, 6.07) is 5.02. The number of rotatable bonds is 8. The van der Waals surface area contributed by atoms with Crippen molar-refractivity contribution in [2.75, 3.05) is 20.1 Å². The Morgan fingerprint density at radius 2 is 1.86 bits per heavy atom. The Labute approximate surface area is 164 Å². The van der Waals surface area contributed by atoms with Crippen molar-refractivity contribution in [1.82, 2.24) is 16.0 Å². The van der Waals surface area contributed by atoms with Crippen LogP contribution in [-0.4, -0.2) is 44.4 Å². The van der Waals surface area contributed by atoms with Gasteiger partial charge in [-0.25, -0.2) is 4.79 Å². The zero-order valence-corrected chi connectivity index (χ0v) is 17.1. The highest BCUT2D eigenvalue weighted by Gasteiger charge is 2.15. The average Bonchev–Trinajstić information content (AvgIpc) is 2.57. The van der Waals surface area contributed by atoms with Gasteiger partial charge in [0.05, 0.1) is 0 Å². The summed E-state index contributed by atoms with van der Waals surface area (Å²) in [6.07, 6.45) is 0.199. The lowest BCUT2D eigenvalue weighted by Gasteiger charge is -2.19. The number of alkyl carbamates (subject to hydrolysis) is 1. The Bertz CT molecular complexity index is 661. The molecule has 9 heteroatoms. The standard InChI is InChI=1S/C19H30F2N4O3/c1-13-7-8-15(27-16(20)21)14(11-13)12-25-17(22-5)23-9-6-10-24-18(26)28-19(2,3)4/h7-8,11,16H,6,9-10,12H2,1-5H3,(H,24,26)(H2,22,23,25). The van der Waals surface area contributed by atoms with Crippen LogP contribution in [0.5, 0.6) is 5.75 Å². The molecule has 0 atom stereocenters. The van der Waals surface area contributed by atoms with E-state index in [-0.39, 0.29) is 12.3 Å². The fourth-order valence-corrected chi connectivity index (χ4v) is 2.26. The summed E-state index contributed by atoms with van der Waals surface area (Å²) in [7, 11) is 1.61. The van der Waals surface area contributed by atoms with Crippen LogP contribution >= 0.6 is 0 Å². The van der Waals surface area contributed by atoms with Gasteiger partial charge in [0.25, 0.3) is 0 Å². The lowest BCUT2D eigenvalue weighted by atomic mass is 10.1. The van der Waals surface area contributed by atoms with Crippen molar-refractivity contribution >= 4 is 12.1 Å². The van der Waals surface area contributed by atoms with Crippen molar-refractivity contribution in [3.8, 4) is 5.75 Å². The number of hydrogen-bond donors (Lipinski definition) is 3. The molecule has 1 amide bonds. The molecule has 1 aromatic carbocycles. The summed E-state index contributed by atoms with van der Waals surface area (Å²) in [4.78, 5) is 15.6. The second-order valence-electron chi connectivity index (χ2n) is 7.12. The van der Waals surface area contributed by atoms with Gasteiger partial charge >= 0.3 is 12.7 Å². The molecule has 28 heavy (non-hydrogen) atoms. The third kappa shape index (κ3) is 9.94. The van der Waals surface area contributed by atoms with Gasteiger partial charge in [-0.3, -0.25) is 4.99 Å². The number of carbonyl (C=O) groups excluding carboxylic acids is 1. The zero-order valence-electron chi connectivity index (χ0n) is 17.1. The van der Waals surface area contributed by atoms with Gasteiger partial charge in [-0.1, -0.05) is 17.7 Å². The van der Waals surface area contributed by atoms with Crippen molar-refractivity contribution in [1.29, 1.82) is 0 Å². The Balaban J connectivity index is 2.40. The molecule has 0 saturated carbocycles. The molecule has 0 radical (unpaired) electrons. The first-order valence-corrected chi connectivity index (χ1v) is 9.06. The van der Waals surface area contributed by atoms with Crippen LogP contribution in [0.25, 0.3) is 0 Å². The fourth-order valence-electron chi connectivity index (χ4n) is 2.26. The second-order valence-corrected chi connectivity index (χ2v) is 7.12. The van der Waals surface area contributed by atoms with Crippen molar-refractivity contribution in [2.45, 2.75) is 52.9 Å². The molecule has 3 N–H and O–H groups in total. The van der Waals surface area contributed by atoms with Crippen molar-refractivity contribution in [3.63, 3.8) is 0 Å². The number of hydrogen-bond acceptors (Lipinski definition) is 4. The Hall–Kier alpha value is -2.58. The van der Waals surface area contributed by atoms with Crippen LogP contribution in [0.3, 0.4) is 0 Å². The van der Waals surface area contributed by atoms with Crippen LogP contribution in [0, 0.1) is 6.92 Å². The van der Waals surface area contributed by atoms with Crippen molar-refractivity contribution < 1.29 is 23.0 Å². The first kappa shape index (κ1) is 23.5. The monoisotopic (exact) mass is 400 g/mol. The highest BCUT2D eigenvalue weighted by Crippen LogP contribution is 2.21. The van der Waals surface area contributed by atoms with Crippen LogP contribution in [0.2, 0.25) is 0 Å². The third-order valence-corrected chi connectivity index (χ3v) is 3.42. The number of aliphatic imine (C=N–C) groups is 1. The zero-order chi connectivity index (χ0) is 21.2. The smallest absolute Gasteiger partial charge is 0.407 e. The molecule has 0 aliphatic heterocycles. The number of ether oxygens (including phenoxy) is 2. The number of aryl methyl sites for hydroxylation is 1. The van der Waals surface area contributed by atoms with Gasteiger partial charge in [0, 0.05) is 32.2 Å². The second kappa shape index (κ2) is 11.3. The largest absolute Gasteiger partial charge is 0.444 e. The van der Waals surface area contributed by atoms with E-state index in [0.717, 1.165) is 5.56 Å². The maximum absolute atomic E-state index is 12.5. The fraction of sp³-hybridized carbons (Fsp3) is 0.579. The molecule has 0 spiro atoms. The quantitative estimate of drug-likeness (QED) is 0.355. The summed E-state index contributed by atoms with van der Waals surface area (Å²) >= 11 is 0. The molecule has 0 aliphatic carbocycles. The minimum atomic E-state index is -2.88. The van der Waals surface area contributed by atoms with E-state index in [9.17, 15) is 13.6 Å². The van der Waals surface area contributed by atoms with Gasteiger partial charge in [0.1, 0.15) is 11.4 Å². The van der Waals surface area contributed by atoms with Gasteiger partial charge in [0.2, 0.25) is 0 Å². The predicted octanol–water partition coefficient (Wildman–Crippen LogP) is 3.18. The molecule has 158 valence electrons. The van der Waals surface area contributed by atoms with Crippen LogP contribution in [0.4, 0.5) is 13.6 Å². The van der Waals surface area contributed by atoms with Gasteiger partial charge < -0.3 is 25.4 Å². The molecular formula is C19H30F2N4O3. The number of amides is 1. The van der Waals surface area contributed by atoms with Crippen molar-refractivity contribution in [2.24, 2.45) is 4.99 Å². The number of nitrogens with zero attached hydrogens (tertiary/aromatic N) is 1. The lowest BCUT2D eigenvalue weighted by molar-refractivity contribution is -0.0504. The van der Waals surface area contributed by atoms with Gasteiger partial charge in [-0.15, -0.1) is 0 Å². The first-order valence-electron chi connectivity index (χ1n) is 9.06. The van der Waals surface area contributed by atoms with Crippen molar-refractivity contribution in [3.05, 3.63) is 29.3 Å². The predicted molar refractivity (Wildman–Crippen MR) is 105 cm³/mol. The summed E-state index contributed by atoms with van der Waals surface area (Å²) in [5.41, 5.74) is 1.01. The molecule has 0 heterocycles. The highest BCUT2D eigenvalue weighted by molar-refractivity contribution is 5.79. The third-order valence-electron chi connectivity index (χ3n) is 3.42. The molecule has 0 aliphatic rings. The lowest BCUT2D eigenvalue weighted by Crippen LogP contribution is -2.39. The first-order chi connectivity index (χ1) is 13.1. The molecule has 0 fully saturated rings. The molecular weight excluding hydrogens is 370 g/mol. The SMILES string of the molecule is CN=C(NCCCNC(=O)OC(C)(C)C)NCc1cc(C)ccc1OC(F)F. The molecule has 0 bridgehead atoms. The van der Waals surface area contributed by atoms with E-state index in [2.05, 4.69) is 25.7 Å². The number of nitrogens with one attached hydrogen (secondary N) is 3. The van der Waals surface area contributed by atoms with E-state index in [1.165, 1.54) is 6.07 Å². The van der Waals surface area contributed by atoms with Gasteiger partial charge in [-0.05, 0) is 40.2 Å². The van der Waals surface area contributed by atoms with Crippen LogP contribution in [0.15, 0.2) is 23.2 Å². The summed E-state index contributed by atoms with van der Waals surface area (Å²) in [5, 5.41) is 8.83. The molecule has 0 saturated heterocycles. The maximum Gasteiger partial charge on any atom is 0.407 e. The molecule has 0 aromatic heterocycles. The normalized spacial score (nSPS) is 11.9. The van der Waals surface area contributed by atoms with Gasteiger partial charge in [-0.2, -0.15) is 8.78 Å². The minimum Gasteiger partial charge on any atom is -0.444 e. The number of carbonyl (C=O) groups is 1. The Morgan fingerprint density at radius 3 is 2.46 bits per heavy atom. The topological polar surface area (TPSA) is 84.0 Å². The van der Waals surface area contributed by atoms with E-state index in [0.29, 0.717) is 31.0 Å². The van der Waals surface area contributed by atoms with E-state index < -0.39 is 18.3 Å². The average molecular weight is 400 g/mol. The summed E-state index contributed by atoms with van der Waals surface area (Å²) in [5.74, 6) is 0.645. The minimum absolute atomic E-state index is 0.130. The number of halogens is 2. The Morgan fingerprint density at radius 1 is 1.18 bits per heavy atom. The summed E-state index contributed by atoms with van der Waals surface area (Å²) < 4.78 is 34.8. The highest BCUT2D eigenvalue weighted by atomic mass is 19.3. The van der Waals surface area contributed by atoms with E-state index in [1.807, 2.05) is 6.92 Å². The molecule has 1 rings (SSSR count). The molecule has 7 nitrogen and oxygen atoms in total. The summed E-state index contributed by atoms with van der Waals surface area (Å²) in [6.45, 7) is 5.69. The van der Waals surface area contributed by atoms with E-state index in [4.69, 9.17) is 4.74 Å². The molecule has 1 aromatic rings.